The van der Waals surface area contributed by atoms with Crippen LogP contribution in [0.1, 0.15) is 11.6 Å². The molecular weight excluding hydrogens is 408 g/mol. The standard InChI is InChI=1S/C23H20N6OS/c1-29(14-20-24-21(28-27-20)16-10-6-3-7-11-16)13-19-25-22(30)17-12-18(31-23(17)26-19)15-8-4-2-5-9-15/h2-12H,13-14H2,1H3,(H,24,27,28)(H,25,26,30). The van der Waals surface area contributed by atoms with Gasteiger partial charge in [-0.3, -0.25) is 14.8 Å². The summed E-state index contributed by atoms with van der Waals surface area (Å²) in [6.45, 7) is 1.05. The molecule has 0 amide bonds. The molecule has 0 aliphatic rings. The Balaban J connectivity index is 1.33. The lowest BCUT2D eigenvalue weighted by Crippen LogP contribution is -2.22. The van der Waals surface area contributed by atoms with E-state index in [1.165, 1.54) is 11.3 Å². The molecule has 2 aromatic carbocycles. The maximum atomic E-state index is 12.6. The van der Waals surface area contributed by atoms with Crippen LogP contribution < -0.4 is 5.56 Å². The Kier molecular flexibility index (Phi) is 5.15. The summed E-state index contributed by atoms with van der Waals surface area (Å²) in [5.74, 6) is 2.06. The molecule has 5 rings (SSSR count). The molecule has 0 unspecified atom stereocenters. The maximum Gasteiger partial charge on any atom is 0.259 e. The monoisotopic (exact) mass is 428 g/mol. The lowest BCUT2D eigenvalue weighted by Gasteiger charge is -2.13. The zero-order chi connectivity index (χ0) is 21.2. The molecule has 2 N–H and O–H groups in total. The van der Waals surface area contributed by atoms with Crippen molar-refractivity contribution < 1.29 is 0 Å². The lowest BCUT2D eigenvalue weighted by atomic mass is 10.2. The Morgan fingerprint density at radius 2 is 1.58 bits per heavy atom. The minimum absolute atomic E-state index is 0.113. The molecule has 31 heavy (non-hydrogen) atoms. The average Bonchev–Trinajstić information content (AvgIpc) is 3.42. The van der Waals surface area contributed by atoms with E-state index in [4.69, 9.17) is 4.98 Å². The zero-order valence-corrected chi connectivity index (χ0v) is 17.7. The van der Waals surface area contributed by atoms with Gasteiger partial charge in [0, 0.05) is 10.4 Å². The van der Waals surface area contributed by atoms with Gasteiger partial charge in [0.15, 0.2) is 5.82 Å². The fraction of sp³-hybridized carbons (Fsp3) is 0.130. The van der Waals surface area contributed by atoms with Crippen LogP contribution >= 0.6 is 11.3 Å². The first-order chi connectivity index (χ1) is 15.2. The summed E-state index contributed by atoms with van der Waals surface area (Å²) < 4.78 is 0. The number of thiophene rings is 1. The van der Waals surface area contributed by atoms with Gasteiger partial charge in [-0.1, -0.05) is 60.7 Å². The topological polar surface area (TPSA) is 90.6 Å². The zero-order valence-electron chi connectivity index (χ0n) is 16.9. The highest BCUT2D eigenvalue weighted by atomic mass is 32.1. The molecule has 0 fully saturated rings. The highest BCUT2D eigenvalue weighted by molar-refractivity contribution is 7.21. The van der Waals surface area contributed by atoms with E-state index in [-0.39, 0.29) is 5.56 Å². The van der Waals surface area contributed by atoms with Gasteiger partial charge in [0.05, 0.1) is 18.5 Å². The van der Waals surface area contributed by atoms with E-state index in [1.54, 1.807) is 0 Å². The quantitative estimate of drug-likeness (QED) is 0.425. The van der Waals surface area contributed by atoms with E-state index in [0.29, 0.717) is 30.1 Å². The van der Waals surface area contributed by atoms with Gasteiger partial charge in [-0.25, -0.2) is 9.97 Å². The number of hydrogen-bond donors (Lipinski definition) is 2. The van der Waals surface area contributed by atoms with E-state index in [2.05, 4.69) is 20.2 Å². The second-order valence-corrected chi connectivity index (χ2v) is 8.38. The minimum atomic E-state index is -0.113. The van der Waals surface area contributed by atoms with Crippen LogP contribution in [-0.2, 0) is 13.1 Å². The number of aromatic amines is 2. The number of nitrogens with zero attached hydrogens (tertiary/aromatic N) is 4. The van der Waals surface area contributed by atoms with Crippen molar-refractivity contribution in [2.45, 2.75) is 13.1 Å². The lowest BCUT2D eigenvalue weighted by molar-refractivity contribution is 0.303. The highest BCUT2D eigenvalue weighted by Crippen LogP contribution is 2.30. The van der Waals surface area contributed by atoms with Crippen LogP contribution in [0.3, 0.4) is 0 Å². The third-order valence-corrected chi connectivity index (χ3v) is 5.99. The van der Waals surface area contributed by atoms with Gasteiger partial charge in [-0.05, 0) is 18.7 Å². The number of fused-ring (bicyclic) bond motifs is 1. The van der Waals surface area contributed by atoms with Gasteiger partial charge < -0.3 is 4.98 Å². The van der Waals surface area contributed by atoms with Crippen molar-refractivity contribution in [3.63, 3.8) is 0 Å². The molecule has 0 radical (unpaired) electrons. The molecule has 0 bridgehead atoms. The fourth-order valence-electron chi connectivity index (χ4n) is 3.45. The molecule has 0 saturated carbocycles. The number of hydrogen-bond acceptors (Lipinski definition) is 6. The Bertz CT molecular complexity index is 1370. The molecule has 3 heterocycles. The van der Waals surface area contributed by atoms with Crippen molar-refractivity contribution in [1.82, 2.24) is 30.0 Å². The number of nitrogens with one attached hydrogen (secondary N) is 2. The molecular formula is C23H20N6OS. The molecule has 0 atom stereocenters. The van der Waals surface area contributed by atoms with Gasteiger partial charge in [-0.2, -0.15) is 5.10 Å². The highest BCUT2D eigenvalue weighted by Gasteiger charge is 2.13. The largest absolute Gasteiger partial charge is 0.309 e. The predicted octanol–water partition coefficient (Wildman–Crippen LogP) is 4.07. The van der Waals surface area contributed by atoms with Gasteiger partial charge in [0.1, 0.15) is 16.5 Å². The molecule has 7 nitrogen and oxygen atoms in total. The van der Waals surface area contributed by atoms with E-state index < -0.39 is 0 Å². The smallest absolute Gasteiger partial charge is 0.259 e. The maximum absolute atomic E-state index is 12.6. The SMILES string of the molecule is CN(Cc1nc(-c2ccccc2)n[nH]1)Cc1nc2sc(-c3ccccc3)cc2c(=O)[nH]1. The second kappa shape index (κ2) is 8.25. The van der Waals surface area contributed by atoms with Crippen LogP contribution in [0.4, 0.5) is 0 Å². The number of benzene rings is 2. The van der Waals surface area contributed by atoms with Gasteiger partial charge >= 0.3 is 0 Å². The molecule has 154 valence electrons. The average molecular weight is 429 g/mol. The summed E-state index contributed by atoms with van der Waals surface area (Å²) in [6.07, 6.45) is 0. The van der Waals surface area contributed by atoms with E-state index in [9.17, 15) is 4.79 Å². The van der Waals surface area contributed by atoms with Crippen LogP contribution in [-0.4, -0.2) is 37.1 Å². The van der Waals surface area contributed by atoms with Gasteiger partial charge in [-0.15, -0.1) is 11.3 Å². The van der Waals surface area contributed by atoms with Crippen LogP contribution in [0, 0.1) is 0 Å². The second-order valence-electron chi connectivity index (χ2n) is 7.35. The molecule has 0 aliphatic heterocycles. The Morgan fingerprint density at radius 1 is 0.903 bits per heavy atom. The van der Waals surface area contributed by atoms with Crippen molar-refractivity contribution in [1.29, 1.82) is 0 Å². The molecule has 0 spiro atoms. The van der Waals surface area contributed by atoms with Crippen molar-refractivity contribution >= 4 is 21.6 Å². The van der Waals surface area contributed by atoms with Crippen molar-refractivity contribution in [3.05, 3.63) is 88.7 Å². The third-order valence-electron chi connectivity index (χ3n) is 4.91. The van der Waals surface area contributed by atoms with E-state index in [1.807, 2.05) is 78.7 Å². The summed E-state index contributed by atoms with van der Waals surface area (Å²) in [7, 11) is 1.96. The number of H-pyrrole nitrogens is 2. The predicted molar refractivity (Wildman–Crippen MR) is 123 cm³/mol. The van der Waals surface area contributed by atoms with Gasteiger partial charge in [0.25, 0.3) is 5.56 Å². The van der Waals surface area contributed by atoms with Crippen LogP contribution in [0.25, 0.3) is 32.0 Å². The summed E-state index contributed by atoms with van der Waals surface area (Å²) in [6, 6.07) is 21.8. The molecule has 8 heteroatoms. The fourth-order valence-corrected chi connectivity index (χ4v) is 4.50. The van der Waals surface area contributed by atoms with E-state index >= 15 is 0 Å². The minimum Gasteiger partial charge on any atom is -0.309 e. The first kappa shape index (κ1) is 19.3. The first-order valence-electron chi connectivity index (χ1n) is 9.89. The van der Waals surface area contributed by atoms with Crippen molar-refractivity contribution in [2.24, 2.45) is 0 Å². The summed E-state index contributed by atoms with van der Waals surface area (Å²) in [5.41, 5.74) is 1.94. The molecule has 5 aromatic rings. The van der Waals surface area contributed by atoms with Crippen LogP contribution in [0.15, 0.2) is 71.5 Å². The number of rotatable bonds is 6. The third kappa shape index (κ3) is 4.16. The molecule has 0 aliphatic carbocycles. The Labute approximate surface area is 182 Å². The van der Waals surface area contributed by atoms with Crippen LogP contribution in [0.2, 0.25) is 0 Å². The van der Waals surface area contributed by atoms with Crippen molar-refractivity contribution in [3.8, 4) is 21.8 Å². The molecule has 0 saturated heterocycles. The first-order valence-corrected chi connectivity index (χ1v) is 10.7. The van der Waals surface area contributed by atoms with Crippen molar-refractivity contribution in [2.75, 3.05) is 7.05 Å². The Hall–Kier alpha value is -3.62. The van der Waals surface area contributed by atoms with Gasteiger partial charge in [0.2, 0.25) is 0 Å². The number of aromatic nitrogens is 5. The van der Waals surface area contributed by atoms with Crippen LogP contribution in [0.5, 0.6) is 0 Å². The normalized spacial score (nSPS) is 11.4. The van der Waals surface area contributed by atoms with E-state index in [0.717, 1.165) is 26.7 Å². The Morgan fingerprint density at radius 3 is 2.32 bits per heavy atom. The summed E-state index contributed by atoms with van der Waals surface area (Å²) in [5, 5.41) is 7.91. The molecule has 3 aromatic heterocycles. The summed E-state index contributed by atoms with van der Waals surface area (Å²) >= 11 is 1.53. The summed E-state index contributed by atoms with van der Waals surface area (Å²) in [4.78, 5) is 28.6.